The largest absolute Gasteiger partial charge is 0.381 e. The first-order valence-corrected chi connectivity index (χ1v) is 8.93. The number of hydrogen-bond acceptors (Lipinski definition) is 4. The second-order valence-corrected chi connectivity index (χ2v) is 7.47. The average Bonchev–Trinajstić information content (AvgIpc) is 2.53. The van der Waals surface area contributed by atoms with E-state index in [0.29, 0.717) is 45.7 Å². The van der Waals surface area contributed by atoms with Gasteiger partial charge in [-0.2, -0.15) is 4.31 Å². The SMILES string of the molecule is CCN(Cc1ccccc1CN)S(=O)(=O)C1CCOCC1. The van der Waals surface area contributed by atoms with Crippen molar-refractivity contribution in [2.24, 2.45) is 5.73 Å². The third kappa shape index (κ3) is 3.83. The van der Waals surface area contributed by atoms with E-state index in [9.17, 15) is 8.42 Å². The Kier molecular flexibility index (Phi) is 5.75. The molecule has 0 aliphatic carbocycles. The van der Waals surface area contributed by atoms with E-state index in [1.54, 1.807) is 4.31 Å². The highest BCUT2D eigenvalue weighted by atomic mass is 32.2. The van der Waals surface area contributed by atoms with Gasteiger partial charge >= 0.3 is 0 Å². The highest BCUT2D eigenvalue weighted by molar-refractivity contribution is 7.89. The smallest absolute Gasteiger partial charge is 0.217 e. The van der Waals surface area contributed by atoms with Crippen LogP contribution < -0.4 is 5.73 Å². The molecule has 2 rings (SSSR count). The maximum absolute atomic E-state index is 12.8. The molecule has 1 aromatic carbocycles. The van der Waals surface area contributed by atoms with Crippen molar-refractivity contribution < 1.29 is 13.2 Å². The fourth-order valence-corrected chi connectivity index (χ4v) is 4.56. The molecule has 1 heterocycles. The van der Waals surface area contributed by atoms with Gasteiger partial charge in [-0.25, -0.2) is 8.42 Å². The molecule has 1 aliphatic rings. The van der Waals surface area contributed by atoms with E-state index in [4.69, 9.17) is 10.5 Å². The number of nitrogens with two attached hydrogens (primary N) is 1. The zero-order valence-corrected chi connectivity index (χ0v) is 13.3. The number of nitrogens with zero attached hydrogens (tertiary/aromatic N) is 1. The Bertz CT molecular complexity index is 554. The molecule has 21 heavy (non-hydrogen) atoms. The minimum Gasteiger partial charge on any atom is -0.381 e. The van der Waals surface area contributed by atoms with Crippen LogP contribution in [0.1, 0.15) is 30.9 Å². The summed E-state index contributed by atoms with van der Waals surface area (Å²) < 4.78 is 32.4. The normalized spacial score (nSPS) is 17.3. The van der Waals surface area contributed by atoms with E-state index in [0.717, 1.165) is 11.1 Å². The lowest BCUT2D eigenvalue weighted by atomic mass is 10.1. The molecular weight excluding hydrogens is 288 g/mol. The molecular formula is C15H24N2O3S. The van der Waals surface area contributed by atoms with Gasteiger partial charge in [0.05, 0.1) is 5.25 Å². The topological polar surface area (TPSA) is 72.6 Å². The molecule has 1 aliphatic heterocycles. The predicted octanol–water partition coefficient (Wildman–Crippen LogP) is 1.48. The number of hydrogen-bond donors (Lipinski definition) is 1. The van der Waals surface area contributed by atoms with Crippen molar-refractivity contribution in [2.75, 3.05) is 19.8 Å². The second kappa shape index (κ2) is 7.35. The van der Waals surface area contributed by atoms with Crippen LogP contribution in [0.2, 0.25) is 0 Å². The number of benzene rings is 1. The highest BCUT2D eigenvalue weighted by Crippen LogP contribution is 2.22. The Labute approximate surface area is 127 Å². The first kappa shape index (κ1) is 16.4. The van der Waals surface area contributed by atoms with Crippen molar-refractivity contribution in [1.29, 1.82) is 0 Å². The van der Waals surface area contributed by atoms with E-state index in [1.807, 2.05) is 31.2 Å². The van der Waals surface area contributed by atoms with Gasteiger partial charge in [-0.1, -0.05) is 31.2 Å². The lowest BCUT2D eigenvalue weighted by Gasteiger charge is -2.29. The van der Waals surface area contributed by atoms with Crippen molar-refractivity contribution >= 4 is 10.0 Å². The van der Waals surface area contributed by atoms with Crippen molar-refractivity contribution in [3.63, 3.8) is 0 Å². The van der Waals surface area contributed by atoms with Gasteiger partial charge in [-0.3, -0.25) is 0 Å². The van der Waals surface area contributed by atoms with Crippen molar-refractivity contribution in [2.45, 2.75) is 38.1 Å². The van der Waals surface area contributed by atoms with Gasteiger partial charge in [0.2, 0.25) is 10.0 Å². The van der Waals surface area contributed by atoms with E-state index in [2.05, 4.69) is 0 Å². The average molecular weight is 312 g/mol. The summed E-state index contributed by atoms with van der Waals surface area (Å²) in [4.78, 5) is 0. The van der Waals surface area contributed by atoms with Crippen LogP contribution in [0.4, 0.5) is 0 Å². The molecule has 0 saturated carbocycles. The summed E-state index contributed by atoms with van der Waals surface area (Å²) in [5, 5.41) is -0.323. The maximum Gasteiger partial charge on any atom is 0.217 e. The summed E-state index contributed by atoms with van der Waals surface area (Å²) in [6.45, 7) is 4.22. The highest BCUT2D eigenvalue weighted by Gasteiger charge is 2.32. The lowest BCUT2D eigenvalue weighted by Crippen LogP contribution is -2.41. The number of rotatable bonds is 6. The first-order valence-electron chi connectivity index (χ1n) is 7.43. The third-order valence-electron chi connectivity index (χ3n) is 3.99. The van der Waals surface area contributed by atoms with E-state index >= 15 is 0 Å². The van der Waals surface area contributed by atoms with Crippen molar-refractivity contribution in [3.8, 4) is 0 Å². The summed E-state index contributed by atoms with van der Waals surface area (Å²) in [5.74, 6) is 0. The quantitative estimate of drug-likeness (QED) is 0.863. The van der Waals surface area contributed by atoms with Crippen LogP contribution >= 0.6 is 0 Å². The number of ether oxygens (including phenoxy) is 1. The van der Waals surface area contributed by atoms with Gasteiger partial charge in [-0.15, -0.1) is 0 Å². The van der Waals surface area contributed by atoms with Crippen LogP contribution in [-0.2, 0) is 27.8 Å². The molecule has 0 aromatic heterocycles. The van der Waals surface area contributed by atoms with Crippen LogP contribution in [0, 0.1) is 0 Å². The molecule has 0 radical (unpaired) electrons. The standard InChI is InChI=1S/C15H24N2O3S/c1-2-17(12-14-6-4-3-5-13(14)11-16)21(18,19)15-7-9-20-10-8-15/h3-6,15H,2,7-12,16H2,1H3. The molecule has 118 valence electrons. The van der Waals surface area contributed by atoms with Crippen LogP contribution in [0.3, 0.4) is 0 Å². The minimum atomic E-state index is -3.28. The Morgan fingerprint density at radius 3 is 2.43 bits per heavy atom. The van der Waals surface area contributed by atoms with E-state index in [-0.39, 0.29) is 5.25 Å². The fourth-order valence-electron chi connectivity index (χ4n) is 2.67. The van der Waals surface area contributed by atoms with E-state index < -0.39 is 10.0 Å². The molecule has 0 atom stereocenters. The summed E-state index contributed by atoms with van der Waals surface area (Å²) in [6, 6.07) is 7.74. The van der Waals surface area contributed by atoms with Gasteiger partial charge in [0.15, 0.2) is 0 Å². The Balaban J connectivity index is 2.18. The zero-order valence-electron chi connectivity index (χ0n) is 12.5. The van der Waals surface area contributed by atoms with Crippen molar-refractivity contribution in [1.82, 2.24) is 4.31 Å². The maximum atomic E-state index is 12.8. The van der Waals surface area contributed by atoms with Crippen LogP contribution in [0.25, 0.3) is 0 Å². The summed E-state index contributed by atoms with van der Waals surface area (Å²) in [7, 11) is -3.28. The molecule has 0 unspecified atom stereocenters. The molecule has 0 spiro atoms. The van der Waals surface area contributed by atoms with Crippen molar-refractivity contribution in [3.05, 3.63) is 35.4 Å². The molecule has 6 heteroatoms. The predicted molar refractivity (Wildman–Crippen MR) is 83.2 cm³/mol. The molecule has 1 fully saturated rings. The van der Waals surface area contributed by atoms with Gasteiger partial charge in [0, 0.05) is 32.8 Å². The molecule has 0 bridgehead atoms. The summed E-state index contributed by atoms with van der Waals surface area (Å²) in [6.07, 6.45) is 1.16. The van der Waals surface area contributed by atoms with Crippen LogP contribution in [-0.4, -0.2) is 37.7 Å². The second-order valence-electron chi connectivity index (χ2n) is 5.26. The van der Waals surface area contributed by atoms with Gasteiger partial charge in [0.25, 0.3) is 0 Å². The first-order chi connectivity index (χ1) is 10.1. The summed E-state index contributed by atoms with van der Waals surface area (Å²) >= 11 is 0. The van der Waals surface area contributed by atoms with Crippen LogP contribution in [0.5, 0.6) is 0 Å². The molecule has 5 nitrogen and oxygen atoms in total. The molecule has 2 N–H and O–H groups in total. The van der Waals surface area contributed by atoms with Gasteiger partial charge in [0.1, 0.15) is 0 Å². The Morgan fingerprint density at radius 1 is 1.24 bits per heavy atom. The van der Waals surface area contributed by atoms with Crippen LogP contribution in [0.15, 0.2) is 24.3 Å². The molecule has 1 saturated heterocycles. The fraction of sp³-hybridized carbons (Fsp3) is 0.600. The molecule has 0 amide bonds. The third-order valence-corrected chi connectivity index (χ3v) is 6.41. The van der Waals surface area contributed by atoms with Gasteiger partial charge in [-0.05, 0) is 24.0 Å². The van der Waals surface area contributed by atoms with E-state index in [1.165, 1.54) is 0 Å². The Morgan fingerprint density at radius 2 is 1.86 bits per heavy atom. The number of sulfonamides is 1. The minimum absolute atomic E-state index is 0.323. The Hall–Kier alpha value is -0.950. The van der Waals surface area contributed by atoms with Gasteiger partial charge < -0.3 is 10.5 Å². The molecule has 1 aromatic rings. The zero-order chi connectivity index (χ0) is 15.3. The monoisotopic (exact) mass is 312 g/mol. The lowest BCUT2D eigenvalue weighted by molar-refractivity contribution is 0.0972. The summed E-state index contributed by atoms with van der Waals surface area (Å²) in [5.41, 5.74) is 7.72.